The lowest BCUT2D eigenvalue weighted by atomic mass is 9.42. The molecule has 0 aromatic heterocycles. The summed E-state index contributed by atoms with van der Waals surface area (Å²) >= 11 is 0. The van der Waals surface area contributed by atoms with Crippen molar-refractivity contribution in [1.82, 2.24) is 0 Å². The van der Waals surface area contributed by atoms with E-state index in [9.17, 15) is 70.9 Å². The van der Waals surface area contributed by atoms with Gasteiger partial charge >= 0.3 is 0 Å². The molecule has 2 saturated carbocycles. The monoisotopic (exact) mass is 1070 g/mol. The third-order valence-corrected chi connectivity index (χ3v) is 20.3. The first-order valence-electron chi connectivity index (χ1n) is 26.9. The van der Waals surface area contributed by atoms with Crippen LogP contribution < -0.4 is 0 Å². The fourth-order valence-corrected chi connectivity index (χ4v) is 15.3. The minimum Gasteiger partial charge on any atom is -0.396 e. The van der Waals surface area contributed by atoms with E-state index in [1.807, 2.05) is 13.8 Å². The number of hydrogen-bond acceptors (Lipinski definition) is 23. The van der Waals surface area contributed by atoms with Gasteiger partial charge in [0.1, 0.15) is 97.3 Å². The van der Waals surface area contributed by atoms with Gasteiger partial charge in [0, 0.05) is 23.7 Å². The number of fused-ring (bicyclic) bond motifs is 5. The summed E-state index contributed by atoms with van der Waals surface area (Å²) < 4.78 is 54.4. The molecule has 0 bridgehead atoms. The lowest BCUT2D eigenvalue weighted by Gasteiger charge is -2.63. The average molecular weight is 1080 g/mol. The molecule has 12 N–H and O–H groups in total. The van der Waals surface area contributed by atoms with Gasteiger partial charge in [0.2, 0.25) is 0 Å². The van der Waals surface area contributed by atoms with Crippen LogP contribution in [-0.4, -0.2) is 234 Å². The van der Waals surface area contributed by atoms with Crippen LogP contribution in [0.25, 0.3) is 0 Å². The molecule has 28 atom stereocenters. The Morgan fingerprint density at radius 1 is 0.680 bits per heavy atom. The summed E-state index contributed by atoms with van der Waals surface area (Å²) in [6.45, 7) is 11.5. The van der Waals surface area contributed by atoms with E-state index in [0.29, 0.717) is 51.4 Å². The second kappa shape index (κ2) is 21.3. The summed E-state index contributed by atoms with van der Waals surface area (Å²) in [5, 5.41) is 131. The zero-order chi connectivity index (χ0) is 54.6. The lowest BCUT2D eigenvalue weighted by molar-refractivity contribution is -0.390. The molecule has 0 amide bonds. The summed E-state index contributed by atoms with van der Waals surface area (Å²) in [6, 6.07) is 0. The third-order valence-electron chi connectivity index (χ3n) is 20.3. The molecule has 7 fully saturated rings. The molecule has 23 heteroatoms. The molecular weight excluding hydrogens is 993 g/mol. The second-order valence-corrected chi connectivity index (χ2v) is 24.0. The van der Waals surface area contributed by atoms with Crippen LogP contribution in [0.3, 0.4) is 0 Å². The maximum atomic E-state index is 14.6. The minimum atomic E-state index is -1.92. The molecule has 1 spiro atoms. The topological polar surface area (TPSA) is 360 Å². The molecule has 75 heavy (non-hydrogen) atoms. The van der Waals surface area contributed by atoms with Crippen LogP contribution >= 0.6 is 0 Å². The number of aliphatic hydroxyl groups is 12. The van der Waals surface area contributed by atoms with E-state index in [1.54, 1.807) is 0 Å². The zero-order valence-corrected chi connectivity index (χ0v) is 43.8. The predicted octanol–water partition coefficient (Wildman–Crippen LogP) is -2.26. The summed E-state index contributed by atoms with van der Waals surface area (Å²) in [5.74, 6) is 0.0358. The molecule has 0 aromatic rings. The molecule has 0 radical (unpaired) electrons. The number of aliphatic hydroxyl groups excluding tert-OH is 12. The molecule has 4 aliphatic carbocycles. The predicted molar refractivity (Wildman–Crippen MR) is 253 cm³/mol. The average Bonchev–Trinajstić information content (AvgIpc) is 3.97. The molecule has 23 nitrogen and oxygen atoms in total. The third kappa shape index (κ3) is 9.07. The standard InChI is InChI=1S/C52H82O23/c1-8-25(55)27-15-21(2)52(75-27)16-31(57)51(7)24-9-10-30-48(4,23(24)11-14-50(51,52)6)13-12-32(49(30,5)20-54)72-45-41(66)38(63)36(61)29(71-45)19-68-46-42(34(59)26(56)18-67-46)74-47-43(39(64)35(60)28(17-53)70-47)73-44-40(65)37(62)33(58)22(3)69-44/h21-22,26-30,32-47,53-54,56,58-66H,8-20H2,1-7H3/t21-,22+,26+,27+,28-,29-,30-,32+,33+,34+,35-,36-,37-,38+,39+,40-,41-,42-,43-,44+,45+,46+,47+,48-,49-,50+,51-,52+/m1/s1. The fraction of sp³-hybridized carbons (Fsp3) is 0.923. The Kier molecular flexibility index (Phi) is 16.4. The Bertz CT molecular complexity index is 2120. The number of rotatable bonds is 13. The Hall–Kier alpha value is -1.76. The number of carbonyl (C=O) groups excluding carboxylic acids is 2. The van der Waals surface area contributed by atoms with Crippen molar-refractivity contribution in [2.45, 2.75) is 241 Å². The Morgan fingerprint density at radius 3 is 1.97 bits per heavy atom. The van der Waals surface area contributed by atoms with Crippen molar-refractivity contribution in [2.24, 2.45) is 33.5 Å². The number of ketones is 2. The number of Topliss-reactive ketones (excluding diaryl/α,β-unsaturated/α-hetero) is 2. The van der Waals surface area contributed by atoms with Crippen LogP contribution in [0.15, 0.2) is 11.1 Å². The van der Waals surface area contributed by atoms with Crippen molar-refractivity contribution in [3.63, 3.8) is 0 Å². The molecule has 9 aliphatic rings. The van der Waals surface area contributed by atoms with Crippen molar-refractivity contribution >= 4 is 11.6 Å². The molecular formula is C52H82O23. The smallest absolute Gasteiger partial charge is 0.187 e. The van der Waals surface area contributed by atoms with Gasteiger partial charge in [0.15, 0.2) is 30.9 Å². The second-order valence-electron chi connectivity index (χ2n) is 24.0. The number of allylic oxidation sites excluding steroid dienone is 2. The van der Waals surface area contributed by atoms with Gasteiger partial charge < -0.3 is 104 Å². The first kappa shape index (κ1) is 57.9. The van der Waals surface area contributed by atoms with Gasteiger partial charge in [-0.15, -0.1) is 0 Å². The van der Waals surface area contributed by atoms with E-state index in [0.717, 1.165) is 5.57 Å². The molecule has 5 saturated heterocycles. The highest BCUT2D eigenvalue weighted by molar-refractivity contribution is 5.94. The van der Waals surface area contributed by atoms with Gasteiger partial charge in [-0.1, -0.05) is 45.8 Å². The Balaban J connectivity index is 0.900. The maximum Gasteiger partial charge on any atom is 0.187 e. The quantitative estimate of drug-likeness (QED) is 0.0866. The van der Waals surface area contributed by atoms with E-state index in [1.165, 1.54) is 12.5 Å². The Labute approximate surface area is 435 Å². The minimum absolute atomic E-state index is 0.00721. The van der Waals surface area contributed by atoms with E-state index in [-0.39, 0.29) is 36.4 Å². The molecule has 0 aromatic carbocycles. The number of carbonyl (C=O) groups is 2. The highest BCUT2D eigenvalue weighted by Gasteiger charge is 2.75. The first-order valence-corrected chi connectivity index (χ1v) is 26.9. The van der Waals surface area contributed by atoms with Crippen molar-refractivity contribution in [2.75, 3.05) is 26.4 Å². The Morgan fingerprint density at radius 2 is 1.31 bits per heavy atom. The first-order chi connectivity index (χ1) is 35.3. The van der Waals surface area contributed by atoms with Crippen LogP contribution in [0.4, 0.5) is 0 Å². The van der Waals surface area contributed by atoms with Crippen molar-refractivity contribution in [1.29, 1.82) is 0 Å². The van der Waals surface area contributed by atoms with Gasteiger partial charge in [-0.25, -0.2) is 0 Å². The highest BCUT2D eigenvalue weighted by atomic mass is 16.8. The van der Waals surface area contributed by atoms with Gasteiger partial charge in [0.25, 0.3) is 0 Å². The summed E-state index contributed by atoms with van der Waals surface area (Å²) in [7, 11) is 0. The SMILES string of the molecule is CCC(=O)[C@@H]1C[C@@H](C)[C@]2(CC(=O)[C@@]3(C)C4=C(CC[C@@]32C)[C@@]2(C)CC[C@H](O[C@@H]3O[C@H](CO[C@@H]5OC[C@H](O)[C@H](O)[C@H]5O[C@@H]5O[C@H](CO)[C@@H](O)[C@H](O)[C@H]5O[C@@H]5O[C@@H](C)[C@H](O)[C@@H](O)[C@H]5O)[C@@H](O)[C@H](O)[C@H]3O)[C@](C)(CO)[C@@H]2CC4)O1. The van der Waals surface area contributed by atoms with Crippen molar-refractivity contribution in [3.8, 4) is 0 Å². The van der Waals surface area contributed by atoms with Crippen LogP contribution in [0, 0.1) is 33.5 Å². The van der Waals surface area contributed by atoms with E-state index >= 15 is 0 Å². The van der Waals surface area contributed by atoms with Gasteiger partial charge in [-0.3, -0.25) is 9.59 Å². The highest BCUT2D eigenvalue weighted by Crippen LogP contribution is 2.74. The lowest BCUT2D eigenvalue weighted by Crippen LogP contribution is -2.66. The van der Waals surface area contributed by atoms with Crippen molar-refractivity contribution in [3.05, 3.63) is 11.1 Å². The largest absolute Gasteiger partial charge is 0.396 e. The number of hydrogen-bond donors (Lipinski definition) is 12. The van der Waals surface area contributed by atoms with E-state index in [4.69, 9.17) is 42.6 Å². The molecule has 0 unspecified atom stereocenters. The van der Waals surface area contributed by atoms with Gasteiger partial charge in [-0.05, 0) is 76.0 Å². The summed E-state index contributed by atoms with van der Waals surface area (Å²) in [6.07, 6.45) is -28.3. The molecule has 428 valence electrons. The zero-order valence-electron chi connectivity index (χ0n) is 43.8. The molecule has 9 rings (SSSR count). The van der Waals surface area contributed by atoms with Crippen LogP contribution in [0.1, 0.15) is 106 Å². The summed E-state index contributed by atoms with van der Waals surface area (Å²) in [4.78, 5) is 27.6. The van der Waals surface area contributed by atoms with Crippen LogP contribution in [0.5, 0.6) is 0 Å². The summed E-state index contributed by atoms with van der Waals surface area (Å²) in [5.41, 5.74) is -1.17. The van der Waals surface area contributed by atoms with Crippen LogP contribution in [-0.2, 0) is 52.2 Å². The number of ether oxygens (including phenoxy) is 9. The molecule has 5 aliphatic heterocycles. The van der Waals surface area contributed by atoms with Gasteiger partial charge in [0.05, 0.1) is 49.7 Å². The fourth-order valence-electron chi connectivity index (χ4n) is 15.3. The van der Waals surface area contributed by atoms with Crippen LogP contribution in [0.2, 0.25) is 0 Å². The maximum absolute atomic E-state index is 14.6. The normalized spacial score (nSPS) is 54.2. The molecule has 5 heterocycles. The van der Waals surface area contributed by atoms with Gasteiger partial charge in [-0.2, -0.15) is 0 Å². The van der Waals surface area contributed by atoms with E-state index < -0.39 is 176 Å². The van der Waals surface area contributed by atoms with Crippen molar-refractivity contribution < 1.29 is 113 Å². The van der Waals surface area contributed by atoms with E-state index in [2.05, 4.69) is 27.7 Å².